The maximum atomic E-state index is 14.4. The van der Waals surface area contributed by atoms with Crippen LogP contribution in [0, 0.1) is 11.7 Å². The molecule has 0 aromatic heterocycles. The molecule has 0 amide bonds. The number of benzene rings is 1. The summed E-state index contributed by atoms with van der Waals surface area (Å²) >= 11 is 0. The summed E-state index contributed by atoms with van der Waals surface area (Å²) in [6.45, 7) is 4.18. The van der Waals surface area contributed by atoms with Crippen LogP contribution >= 0.6 is 0 Å². The number of hydrogen-bond donors (Lipinski definition) is 1. The molecule has 0 radical (unpaired) electrons. The quantitative estimate of drug-likeness (QED) is 0.871. The second-order valence-corrected chi connectivity index (χ2v) is 4.89. The zero-order valence-corrected chi connectivity index (χ0v) is 12.2. The molecule has 0 spiro atoms. The lowest BCUT2D eigenvalue weighted by atomic mass is 9.91. The Balaban J connectivity index is 2.36. The first kappa shape index (κ1) is 15.1. The monoisotopic (exact) mass is 283 g/mol. The van der Waals surface area contributed by atoms with E-state index in [1.807, 2.05) is 6.92 Å². The number of halogens is 1. The van der Waals surface area contributed by atoms with Crippen LogP contribution in [-0.4, -0.2) is 34.0 Å². The molecule has 1 saturated heterocycles. The first-order valence-electron chi connectivity index (χ1n) is 6.93. The third-order valence-corrected chi connectivity index (χ3v) is 3.70. The Hall–Kier alpha value is -1.33. The zero-order chi connectivity index (χ0) is 14.5. The molecule has 1 aromatic carbocycles. The molecule has 2 rings (SSSR count). The third-order valence-electron chi connectivity index (χ3n) is 3.70. The van der Waals surface area contributed by atoms with E-state index in [0.29, 0.717) is 23.7 Å². The van der Waals surface area contributed by atoms with E-state index in [-0.39, 0.29) is 17.8 Å². The van der Waals surface area contributed by atoms with Gasteiger partial charge in [-0.15, -0.1) is 0 Å². The number of rotatable bonds is 6. The Morgan fingerprint density at radius 2 is 2.05 bits per heavy atom. The van der Waals surface area contributed by atoms with Gasteiger partial charge < -0.3 is 19.5 Å². The Labute approximate surface area is 119 Å². The third kappa shape index (κ3) is 3.04. The molecule has 1 aromatic rings. The zero-order valence-electron chi connectivity index (χ0n) is 12.2. The van der Waals surface area contributed by atoms with Crippen molar-refractivity contribution in [3.8, 4) is 11.5 Å². The standard InChI is InChI=1S/C15H22FNO3/c1-4-17-15(10-5-6-20-9-10)11-7-13(18-2)14(19-3)8-12(11)16/h7-8,10,15,17H,4-6,9H2,1-3H3. The van der Waals surface area contributed by atoms with Crippen LogP contribution in [-0.2, 0) is 4.74 Å². The second kappa shape index (κ2) is 6.90. The van der Waals surface area contributed by atoms with Gasteiger partial charge in [0.05, 0.1) is 20.8 Å². The van der Waals surface area contributed by atoms with E-state index in [0.717, 1.165) is 19.6 Å². The van der Waals surface area contributed by atoms with Gasteiger partial charge >= 0.3 is 0 Å². The van der Waals surface area contributed by atoms with Crippen molar-refractivity contribution in [3.63, 3.8) is 0 Å². The second-order valence-electron chi connectivity index (χ2n) is 4.89. The van der Waals surface area contributed by atoms with Crippen molar-refractivity contribution in [1.82, 2.24) is 5.32 Å². The summed E-state index contributed by atoms with van der Waals surface area (Å²) in [6.07, 6.45) is 0.936. The van der Waals surface area contributed by atoms with Crippen LogP contribution in [0.1, 0.15) is 24.9 Å². The highest BCUT2D eigenvalue weighted by Crippen LogP contribution is 2.36. The highest BCUT2D eigenvalue weighted by Gasteiger charge is 2.29. The summed E-state index contributed by atoms with van der Waals surface area (Å²) in [5, 5.41) is 3.35. The minimum atomic E-state index is -0.277. The van der Waals surface area contributed by atoms with E-state index in [2.05, 4.69) is 5.32 Å². The fourth-order valence-electron chi connectivity index (χ4n) is 2.67. The van der Waals surface area contributed by atoms with Crippen LogP contribution < -0.4 is 14.8 Å². The van der Waals surface area contributed by atoms with Crippen molar-refractivity contribution in [1.29, 1.82) is 0 Å². The Bertz CT molecular complexity index is 447. The largest absolute Gasteiger partial charge is 0.493 e. The maximum Gasteiger partial charge on any atom is 0.163 e. The minimum absolute atomic E-state index is 0.0673. The normalized spacial score (nSPS) is 19.9. The molecular weight excluding hydrogens is 261 g/mol. The van der Waals surface area contributed by atoms with Gasteiger partial charge in [-0.25, -0.2) is 4.39 Å². The first-order valence-corrected chi connectivity index (χ1v) is 6.93. The van der Waals surface area contributed by atoms with Crippen molar-refractivity contribution >= 4 is 0 Å². The smallest absolute Gasteiger partial charge is 0.163 e. The topological polar surface area (TPSA) is 39.7 Å². The molecule has 2 atom stereocenters. The van der Waals surface area contributed by atoms with Crippen LogP contribution in [0.5, 0.6) is 11.5 Å². The van der Waals surface area contributed by atoms with E-state index in [1.54, 1.807) is 13.2 Å². The van der Waals surface area contributed by atoms with Gasteiger partial charge in [0.25, 0.3) is 0 Å². The summed E-state index contributed by atoms with van der Waals surface area (Å²) in [6, 6.07) is 3.04. The molecule has 0 bridgehead atoms. The average Bonchev–Trinajstić information content (AvgIpc) is 2.98. The molecule has 4 nitrogen and oxygen atoms in total. The molecule has 0 aliphatic carbocycles. The van der Waals surface area contributed by atoms with Crippen molar-refractivity contribution in [3.05, 3.63) is 23.5 Å². The predicted octanol–water partition coefficient (Wildman–Crippen LogP) is 2.53. The number of nitrogens with one attached hydrogen (secondary N) is 1. The fraction of sp³-hybridized carbons (Fsp3) is 0.600. The Kier molecular flexibility index (Phi) is 5.20. The molecule has 20 heavy (non-hydrogen) atoms. The molecule has 1 heterocycles. The first-order chi connectivity index (χ1) is 9.71. The van der Waals surface area contributed by atoms with Gasteiger partial charge in [-0.1, -0.05) is 6.92 Å². The number of methoxy groups -OCH3 is 2. The summed E-state index contributed by atoms with van der Waals surface area (Å²) < 4.78 is 30.2. The van der Waals surface area contributed by atoms with Crippen LogP contribution in [0.3, 0.4) is 0 Å². The average molecular weight is 283 g/mol. The fourth-order valence-corrected chi connectivity index (χ4v) is 2.67. The summed E-state index contributed by atoms with van der Waals surface area (Å²) in [7, 11) is 3.06. The van der Waals surface area contributed by atoms with Gasteiger partial charge in [0.2, 0.25) is 0 Å². The minimum Gasteiger partial charge on any atom is -0.493 e. The molecule has 5 heteroatoms. The van der Waals surface area contributed by atoms with Gasteiger partial charge in [0.1, 0.15) is 5.82 Å². The highest BCUT2D eigenvalue weighted by molar-refractivity contribution is 5.45. The maximum absolute atomic E-state index is 14.4. The van der Waals surface area contributed by atoms with Crippen LogP contribution in [0.2, 0.25) is 0 Å². The van der Waals surface area contributed by atoms with Crippen LogP contribution in [0.25, 0.3) is 0 Å². The lowest BCUT2D eigenvalue weighted by Gasteiger charge is -2.25. The Morgan fingerprint density at radius 1 is 1.35 bits per heavy atom. The molecule has 1 aliphatic heterocycles. The van der Waals surface area contributed by atoms with Crippen molar-refractivity contribution in [2.45, 2.75) is 19.4 Å². The van der Waals surface area contributed by atoms with E-state index >= 15 is 0 Å². The SMILES string of the molecule is CCNC(c1cc(OC)c(OC)cc1F)C1CCOC1. The Morgan fingerprint density at radius 3 is 2.60 bits per heavy atom. The van der Waals surface area contributed by atoms with E-state index in [4.69, 9.17) is 14.2 Å². The lowest BCUT2D eigenvalue weighted by Crippen LogP contribution is -2.29. The van der Waals surface area contributed by atoms with Crippen LogP contribution in [0.4, 0.5) is 4.39 Å². The lowest BCUT2D eigenvalue weighted by molar-refractivity contribution is 0.176. The van der Waals surface area contributed by atoms with Gasteiger partial charge in [0.15, 0.2) is 11.5 Å². The molecule has 1 aliphatic rings. The van der Waals surface area contributed by atoms with Gasteiger partial charge in [-0.3, -0.25) is 0 Å². The molecule has 0 saturated carbocycles. The number of ether oxygens (including phenoxy) is 3. The molecule has 1 fully saturated rings. The summed E-state index contributed by atoms with van der Waals surface area (Å²) in [5.41, 5.74) is 0.611. The van der Waals surface area contributed by atoms with E-state index < -0.39 is 0 Å². The summed E-state index contributed by atoms with van der Waals surface area (Å²) in [5.74, 6) is 0.959. The molecular formula is C15H22FNO3. The number of hydrogen-bond acceptors (Lipinski definition) is 4. The predicted molar refractivity (Wildman–Crippen MR) is 74.8 cm³/mol. The van der Waals surface area contributed by atoms with Crippen molar-refractivity contribution in [2.24, 2.45) is 5.92 Å². The summed E-state index contributed by atoms with van der Waals surface area (Å²) in [4.78, 5) is 0. The van der Waals surface area contributed by atoms with Crippen LogP contribution in [0.15, 0.2) is 12.1 Å². The molecule has 1 N–H and O–H groups in total. The van der Waals surface area contributed by atoms with E-state index in [1.165, 1.54) is 13.2 Å². The van der Waals surface area contributed by atoms with E-state index in [9.17, 15) is 4.39 Å². The van der Waals surface area contributed by atoms with Gasteiger partial charge in [0, 0.05) is 30.2 Å². The van der Waals surface area contributed by atoms with Crippen molar-refractivity contribution < 1.29 is 18.6 Å². The van der Waals surface area contributed by atoms with Crippen molar-refractivity contribution in [2.75, 3.05) is 34.0 Å². The highest BCUT2D eigenvalue weighted by atomic mass is 19.1. The molecule has 112 valence electrons. The van der Waals surface area contributed by atoms with Gasteiger partial charge in [-0.05, 0) is 19.0 Å². The van der Waals surface area contributed by atoms with Gasteiger partial charge in [-0.2, -0.15) is 0 Å². The molecule has 2 unspecified atom stereocenters.